The molecule has 2 rings (SSSR count). The number of thiazole rings is 1. The molecule has 1 aromatic heterocycles. The SMILES string of the molecule is Nc1cc(C(=O)Nc2nccs2)c(Br)cc1F. The average molecular weight is 316 g/mol. The van der Waals surface area contributed by atoms with E-state index in [0.717, 1.165) is 6.07 Å². The van der Waals surface area contributed by atoms with Gasteiger partial charge in [-0.15, -0.1) is 11.3 Å². The van der Waals surface area contributed by atoms with Gasteiger partial charge in [0.15, 0.2) is 5.13 Å². The van der Waals surface area contributed by atoms with Crippen LogP contribution in [0.1, 0.15) is 10.4 Å². The molecule has 2 aromatic rings. The van der Waals surface area contributed by atoms with Gasteiger partial charge in [0.25, 0.3) is 5.91 Å². The van der Waals surface area contributed by atoms with Crippen molar-refractivity contribution < 1.29 is 9.18 Å². The molecule has 0 aliphatic heterocycles. The number of benzene rings is 1. The van der Waals surface area contributed by atoms with Crippen molar-refractivity contribution in [3.8, 4) is 0 Å². The van der Waals surface area contributed by atoms with E-state index in [1.807, 2.05) is 0 Å². The molecule has 1 amide bonds. The molecule has 0 aliphatic carbocycles. The number of anilines is 2. The largest absolute Gasteiger partial charge is 0.396 e. The first-order valence-corrected chi connectivity index (χ1v) is 6.20. The van der Waals surface area contributed by atoms with Gasteiger partial charge in [0, 0.05) is 16.0 Å². The number of halogens is 2. The van der Waals surface area contributed by atoms with Gasteiger partial charge >= 0.3 is 0 Å². The number of nitrogens with zero attached hydrogens (tertiary/aromatic N) is 1. The molecule has 3 N–H and O–H groups in total. The second-order valence-electron chi connectivity index (χ2n) is 3.14. The summed E-state index contributed by atoms with van der Waals surface area (Å²) in [6, 6.07) is 2.44. The fourth-order valence-corrected chi connectivity index (χ4v) is 2.21. The Morgan fingerprint density at radius 3 is 2.94 bits per heavy atom. The molecule has 1 heterocycles. The van der Waals surface area contributed by atoms with Crippen molar-refractivity contribution in [1.82, 2.24) is 4.98 Å². The van der Waals surface area contributed by atoms with E-state index in [0.29, 0.717) is 9.60 Å². The highest BCUT2D eigenvalue weighted by Gasteiger charge is 2.14. The van der Waals surface area contributed by atoms with E-state index < -0.39 is 11.7 Å². The van der Waals surface area contributed by atoms with Gasteiger partial charge in [-0.25, -0.2) is 9.37 Å². The lowest BCUT2D eigenvalue weighted by atomic mass is 10.2. The highest BCUT2D eigenvalue weighted by atomic mass is 79.9. The Balaban J connectivity index is 2.28. The van der Waals surface area contributed by atoms with Crippen LogP contribution in [0.3, 0.4) is 0 Å². The van der Waals surface area contributed by atoms with E-state index in [4.69, 9.17) is 5.73 Å². The number of nitrogens with one attached hydrogen (secondary N) is 1. The van der Waals surface area contributed by atoms with Gasteiger partial charge in [0.05, 0.1) is 11.3 Å². The number of hydrogen-bond donors (Lipinski definition) is 2. The fourth-order valence-electron chi connectivity index (χ4n) is 1.19. The minimum Gasteiger partial charge on any atom is -0.396 e. The first-order chi connectivity index (χ1) is 8.08. The number of hydrogen-bond acceptors (Lipinski definition) is 4. The maximum atomic E-state index is 13.1. The maximum absolute atomic E-state index is 13.1. The summed E-state index contributed by atoms with van der Waals surface area (Å²) in [6.07, 6.45) is 1.58. The van der Waals surface area contributed by atoms with Crippen molar-refractivity contribution in [2.75, 3.05) is 11.1 Å². The van der Waals surface area contributed by atoms with Crippen molar-refractivity contribution in [1.29, 1.82) is 0 Å². The topological polar surface area (TPSA) is 68.0 Å². The molecule has 0 saturated heterocycles. The lowest BCUT2D eigenvalue weighted by molar-refractivity contribution is 0.102. The van der Waals surface area contributed by atoms with Crippen LogP contribution in [0, 0.1) is 5.82 Å². The summed E-state index contributed by atoms with van der Waals surface area (Å²) in [5, 5.41) is 4.80. The summed E-state index contributed by atoms with van der Waals surface area (Å²) in [4.78, 5) is 15.8. The normalized spacial score (nSPS) is 10.2. The minimum atomic E-state index is -0.567. The summed E-state index contributed by atoms with van der Waals surface area (Å²) < 4.78 is 13.4. The predicted octanol–water partition coefficient (Wildman–Crippen LogP) is 2.88. The summed E-state index contributed by atoms with van der Waals surface area (Å²) in [5.41, 5.74) is 5.60. The molecule has 0 radical (unpaired) electrons. The van der Waals surface area contributed by atoms with Crippen molar-refractivity contribution in [3.05, 3.63) is 39.6 Å². The number of carbonyl (C=O) groups excluding carboxylic acids is 1. The number of nitrogens with two attached hydrogens (primary N) is 1. The van der Waals surface area contributed by atoms with Crippen molar-refractivity contribution in [3.63, 3.8) is 0 Å². The van der Waals surface area contributed by atoms with Crippen LogP contribution in [0.4, 0.5) is 15.2 Å². The fraction of sp³-hybridized carbons (Fsp3) is 0. The number of rotatable bonds is 2. The summed E-state index contributed by atoms with van der Waals surface area (Å²) in [5.74, 6) is -0.957. The molecule has 0 bridgehead atoms. The third-order valence-corrected chi connectivity index (χ3v) is 3.33. The third-order valence-electron chi connectivity index (χ3n) is 1.98. The molecule has 0 spiro atoms. The molecule has 0 unspecified atom stereocenters. The van der Waals surface area contributed by atoms with Crippen LogP contribution in [0.5, 0.6) is 0 Å². The van der Waals surface area contributed by atoms with Crippen LogP contribution >= 0.6 is 27.3 Å². The van der Waals surface area contributed by atoms with Crippen LogP contribution in [0.2, 0.25) is 0 Å². The first-order valence-electron chi connectivity index (χ1n) is 4.53. The van der Waals surface area contributed by atoms with Gasteiger partial charge in [-0.3, -0.25) is 10.1 Å². The highest BCUT2D eigenvalue weighted by molar-refractivity contribution is 9.10. The molecular formula is C10H7BrFN3OS. The average Bonchev–Trinajstić information content (AvgIpc) is 2.76. The van der Waals surface area contributed by atoms with Gasteiger partial charge in [-0.1, -0.05) is 0 Å². The molecular weight excluding hydrogens is 309 g/mol. The van der Waals surface area contributed by atoms with Crippen LogP contribution in [0.25, 0.3) is 0 Å². The molecule has 1 aromatic carbocycles. The van der Waals surface area contributed by atoms with Gasteiger partial charge in [0.2, 0.25) is 0 Å². The van der Waals surface area contributed by atoms with Crippen LogP contribution in [-0.2, 0) is 0 Å². The Morgan fingerprint density at radius 2 is 2.29 bits per heavy atom. The molecule has 88 valence electrons. The maximum Gasteiger partial charge on any atom is 0.258 e. The molecule has 4 nitrogen and oxygen atoms in total. The standard InChI is InChI=1S/C10H7BrFN3OS/c11-6-4-7(12)8(13)3-5(6)9(16)15-10-14-1-2-17-10/h1-4H,13H2,(H,14,15,16). The number of carbonyl (C=O) groups is 1. The Hall–Kier alpha value is -1.47. The third kappa shape index (κ3) is 2.62. The molecule has 17 heavy (non-hydrogen) atoms. The zero-order chi connectivity index (χ0) is 12.4. The van der Waals surface area contributed by atoms with Crippen LogP contribution in [0.15, 0.2) is 28.2 Å². The molecule has 0 saturated carbocycles. The van der Waals surface area contributed by atoms with Gasteiger partial charge in [0.1, 0.15) is 5.82 Å². The van der Waals surface area contributed by atoms with Crippen molar-refractivity contribution in [2.24, 2.45) is 0 Å². The van der Waals surface area contributed by atoms with Crippen molar-refractivity contribution >= 4 is 44.0 Å². The Kier molecular flexibility index (Phi) is 3.39. The molecule has 0 atom stereocenters. The van der Waals surface area contributed by atoms with Crippen LogP contribution < -0.4 is 11.1 Å². The van der Waals surface area contributed by atoms with Gasteiger partial charge in [-0.2, -0.15) is 0 Å². The molecule has 0 aliphatic rings. The monoisotopic (exact) mass is 315 g/mol. The number of aromatic nitrogens is 1. The quantitative estimate of drug-likeness (QED) is 0.837. The van der Waals surface area contributed by atoms with Gasteiger partial charge in [-0.05, 0) is 28.1 Å². The second-order valence-corrected chi connectivity index (χ2v) is 4.89. The summed E-state index contributed by atoms with van der Waals surface area (Å²) in [6.45, 7) is 0. The lowest BCUT2D eigenvalue weighted by Crippen LogP contribution is -2.13. The Labute approximate surface area is 109 Å². The van der Waals surface area contributed by atoms with E-state index in [-0.39, 0.29) is 11.3 Å². The molecule has 0 fully saturated rings. The lowest BCUT2D eigenvalue weighted by Gasteiger charge is -2.06. The van der Waals surface area contributed by atoms with Crippen LogP contribution in [-0.4, -0.2) is 10.9 Å². The number of nitrogen functional groups attached to an aromatic ring is 1. The second kappa shape index (κ2) is 4.80. The van der Waals surface area contributed by atoms with E-state index >= 15 is 0 Å². The van der Waals surface area contributed by atoms with E-state index in [1.54, 1.807) is 11.6 Å². The smallest absolute Gasteiger partial charge is 0.258 e. The number of amides is 1. The Bertz CT molecular complexity index is 559. The van der Waals surface area contributed by atoms with E-state index in [1.165, 1.54) is 17.4 Å². The first kappa shape index (κ1) is 12.0. The zero-order valence-corrected chi connectivity index (χ0v) is 10.8. The van der Waals surface area contributed by atoms with Gasteiger partial charge < -0.3 is 5.73 Å². The zero-order valence-electron chi connectivity index (χ0n) is 8.41. The van der Waals surface area contributed by atoms with Crippen molar-refractivity contribution in [2.45, 2.75) is 0 Å². The summed E-state index contributed by atoms with van der Waals surface area (Å²) >= 11 is 4.41. The highest BCUT2D eigenvalue weighted by Crippen LogP contribution is 2.24. The van der Waals surface area contributed by atoms with E-state index in [9.17, 15) is 9.18 Å². The predicted molar refractivity (Wildman–Crippen MR) is 68.6 cm³/mol. The molecule has 7 heteroatoms. The van der Waals surface area contributed by atoms with E-state index in [2.05, 4.69) is 26.2 Å². The Morgan fingerprint density at radius 1 is 1.53 bits per heavy atom. The summed E-state index contributed by atoms with van der Waals surface area (Å²) in [7, 11) is 0. The minimum absolute atomic E-state index is 0.0718.